The number of ether oxygens (including phenoxy) is 1. The lowest BCUT2D eigenvalue weighted by Gasteiger charge is -2.33. The molecule has 0 aromatic heterocycles. The fourth-order valence-electron chi connectivity index (χ4n) is 2.91. The van der Waals surface area contributed by atoms with Crippen LogP contribution in [0.15, 0.2) is 0 Å². The topological polar surface area (TPSA) is 33.3 Å². The molecule has 2 rings (SSSR count). The molecule has 0 bridgehead atoms. The third-order valence-corrected chi connectivity index (χ3v) is 3.69. The second kappa shape index (κ2) is 5.83. The van der Waals surface area contributed by atoms with Gasteiger partial charge in [-0.25, -0.2) is 0 Å². The Morgan fingerprint density at radius 1 is 1.40 bits per heavy atom. The Balaban J connectivity index is 1.82. The summed E-state index contributed by atoms with van der Waals surface area (Å²) in [6, 6.07) is 1.32. The lowest BCUT2D eigenvalue weighted by molar-refractivity contribution is 0.0526. The van der Waals surface area contributed by atoms with Gasteiger partial charge in [0.1, 0.15) is 0 Å². The first-order valence-corrected chi connectivity index (χ1v) is 6.46. The van der Waals surface area contributed by atoms with Crippen molar-refractivity contribution in [3.8, 4) is 0 Å². The highest BCUT2D eigenvalue weighted by Gasteiger charge is 2.33. The van der Waals surface area contributed by atoms with Gasteiger partial charge in [0.05, 0.1) is 13.2 Å². The van der Waals surface area contributed by atoms with Gasteiger partial charge in [-0.05, 0) is 31.7 Å². The lowest BCUT2D eigenvalue weighted by atomic mass is 9.94. The van der Waals surface area contributed by atoms with Crippen molar-refractivity contribution in [3.05, 3.63) is 0 Å². The van der Waals surface area contributed by atoms with E-state index in [4.69, 9.17) is 4.74 Å². The molecule has 3 heteroatoms. The fraction of sp³-hybridized carbons (Fsp3) is 1.00. The molecule has 1 heterocycles. The maximum absolute atomic E-state index is 5.56. The zero-order chi connectivity index (χ0) is 10.5. The summed E-state index contributed by atoms with van der Waals surface area (Å²) in [6.07, 6.45) is 5.33. The summed E-state index contributed by atoms with van der Waals surface area (Å²) in [4.78, 5) is 0. The first-order valence-electron chi connectivity index (χ1n) is 6.46. The van der Waals surface area contributed by atoms with Crippen molar-refractivity contribution in [2.24, 2.45) is 5.92 Å². The molecule has 0 spiro atoms. The van der Waals surface area contributed by atoms with Crippen LogP contribution in [0.5, 0.6) is 0 Å². The maximum Gasteiger partial charge on any atom is 0.0623 e. The Hall–Kier alpha value is -0.120. The third kappa shape index (κ3) is 2.92. The molecule has 2 aliphatic rings. The van der Waals surface area contributed by atoms with Crippen LogP contribution in [0.3, 0.4) is 0 Å². The maximum atomic E-state index is 5.56. The van der Waals surface area contributed by atoms with E-state index in [2.05, 4.69) is 17.6 Å². The molecule has 88 valence electrons. The highest BCUT2D eigenvalue weighted by molar-refractivity contribution is 4.91. The van der Waals surface area contributed by atoms with Crippen LogP contribution in [0.25, 0.3) is 0 Å². The van der Waals surface area contributed by atoms with Crippen LogP contribution in [-0.4, -0.2) is 38.4 Å². The van der Waals surface area contributed by atoms with Crippen molar-refractivity contribution >= 4 is 0 Å². The second-order valence-corrected chi connectivity index (χ2v) is 4.79. The van der Waals surface area contributed by atoms with Crippen LogP contribution in [0, 0.1) is 5.92 Å². The minimum atomic E-state index is 0.593. The van der Waals surface area contributed by atoms with Gasteiger partial charge >= 0.3 is 0 Å². The molecule has 2 fully saturated rings. The van der Waals surface area contributed by atoms with Crippen molar-refractivity contribution in [2.45, 2.75) is 44.7 Å². The van der Waals surface area contributed by atoms with Crippen molar-refractivity contribution in [2.75, 3.05) is 26.3 Å². The van der Waals surface area contributed by atoms with E-state index in [1.165, 1.54) is 25.7 Å². The molecular formula is C12H24N2O. The summed E-state index contributed by atoms with van der Waals surface area (Å²) < 4.78 is 5.56. The van der Waals surface area contributed by atoms with Gasteiger partial charge in [0.2, 0.25) is 0 Å². The summed E-state index contributed by atoms with van der Waals surface area (Å²) in [5.41, 5.74) is 0. The van der Waals surface area contributed by atoms with Gasteiger partial charge in [0, 0.05) is 18.6 Å². The Morgan fingerprint density at radius 2 is 2.33 bits per heavy atom. The van der Waals surface area contributed by atoms with Gasteiger partial charge in [0.25, 0.3) is 0 Å². The molecular weight excluding hydrogens is 188 g/mol. The van der Waals surface area contributed by atoms with E-state index >= 15 is 0 Å². The second-order valence-electron chi connectivity index (χ2n) is 4.79. The van der Waals surface area contributed by atoms with Gasteiger partial charge in [-0.3, -0.25) is 0 Å². The van der Waals surface area contributed by atoms with E-state index in [0.717, 1.165) is 38.3 Å². The molecule has 3 nitrogen and oxygen atoms in total. The fourth-order valence-corrected chi connectivity index (χ4v) is 2.91. The van der Waals surface area contributed by atoms with E-state index in [-0.39, 0.29) is 0 Å². The van der Waals surface area contributed by atoms with E-state index in [9.17, 15) is 0 Å². The summed E-state index contributed by atoms with van der Waals surface area (Å²) >= 11 is 0. The third-order valence-electron chi connectivity index (χ3n) is 3.69. The average molecular weight is 212 g/mol. The number of hydrogen-bond donors (Lipinski definition) is 2. The monoisotopic (exact) mass is 212 g/mol. The standard InChI is InChI=1S/C12H24N2O/c1-2-6-13-11-5-3-4-10(11)12-9-15-8-7-14-12/h10-14H,2-9H2,1H3. The summed E-state index contributed by atoms with van der Waals surface area (Å²) in [7, 11) is 0. The minimum absolute atomic E-state index is 0.593. The van der Waals surface area contributed by atoms with E-state index in [1.54, 1.807) is 0 Å². The predicted molar refractivity (Wildman–Crippen MR) is 62.0 cm³/mol. The average Bonchev–Trinajstić information content (AvgIpc) is 2.75. The summed E-state index contributed by atoms with van der Waals surface area (Å²) in [5.74, 6) is 0.789. The van der Waals surface area contributed by atoms with Crippen LogP contribution in [-0.2, 0) is 4.74 Å². The van der Waals surface area contributed by atoms with Crippen LogP contribution in [0.1, 0.15) is 32.6 Å². The molecule has 1 saturated carbocycles. The van der Waals surface area contributed by atoms with Crippen LogP contribution in [0.4, 0.5) is 0 Å². The van der Waals surface area contributed by atoms with Gasteiger partial charge < -0.3 is 15.4 Å². The zero-order valence-corrected chi connectivity index (χ0v) is 9.80. The van der Waals surface area contributed by atoms with E-state index < -0.39 is 0 Å². The Morgan fingerprint density at radius 3 is 3.07 bits per heavy atom. The molecule has 0 aromatic carbocycles. The quantitative estimate of drug-likeness (QED) is 0.733. The number of hydrogen-bond acceptors (Lipinski definition) is 3. The lowest BCUT2D eigenvalue weighted by Crippen LogP contribution is -2.50. The van der Waals surface area contributed by atoms with Crippen molar-refractivity contribution in [3.63, 3.8) is 0 Å². The summed E-state index contributed by atoms with van der Waals surface area (Å²) in [5, 5.41) is 7.29. The highest BCUT2D eigenvalue weighted by Crippen LogP contribution is 2.29. The molecule has 15 heavy (non-hydrogen) atoms. The van der Waals surface area contributed by atoms with E-state index in [0.29, 0.717) is 6.04 Å². The molecule has 3 atom stereocenters. The Kier molecular flexibility index (Phi) is 4.42. The van der Waals surface area contributed by atoms with E-state index in [1.807, 2.05) is 0 Å². The van der Waals surface area contributed by atoms with Crippen molar-refractivity contribution < 1.29 is 4.74 Å². The first-order chi connectivity index (χ1) is 7.42. The Labute approximate surface area is 93.0 Å². The summed E-state index contributed by atoms with van der Waals surface area (Å²) in [6.45, 7) is 6.22. The zero-order valence-electron chi connectivity index (χ0n) is 9.80. The van der Waals surface area contributed by atoms with Gasteiger partial charge in [-0.15, -0.1) is 0 Å². The van der Waals surface area contributed by atoms with Gasteiger partial charge in [0.15, 0.2) is 0 Å². The molecule has 0 radical (unpaired) electrons. The molecule has 0 amide bonds. The molecule has 3 unspecified atom stereocenters. The Bertz CT molecular complexity index is 180. The molecule has 2 N–H and O–H groups in total. The number of morpholine rings is 1. The van der Waals surface area contributed by atoms with Crippen molar-refractivity contribution in [1.29, 1.82) is 0 Å². The molecule has 1 aliphatic carbocycles. The largest absolute Gasteiger partial charge is 0.379 e. The van der Waals surface area contributed by atoms with Crippen molar-refractivity contribution in [1.82, 2.24) is 10.6 Å². The highest BCUT2D eigenvalue weighted by atomic mass is 16.5. The predicted octanol–water partition coefficient (Wildman–Crippen LogP) is 1.14. The number of rotatable bonds is 4. The van der Waals surface area contributed by atoms with Gasteiger partial charge in [-0.1, -0.05) is 13.3 Å². The number of nitrogens with one attached hydrogen (secondary N) is 2. The smallest absolute Gasteiger partial charge is 0.0623 e. The van der Waals surface area contributed by atoms with Crippen LogP contribution in [0.2, 0.25) is 0 Å². The molecule has 1 aliphatic heterocycles. The van der Waals surface area contributed by atoms with Crippen LogP contribution < -0.4 is 10.6 Å². The normalized spacial score (nSPS) is 37.0. The molecule has 0 aromatic rings. The first kappa shape index (κ1) is 11.4. The molecule has 1 saturated heterocycles. The van der Waals surface area contributed by atoms with Crippen LogP contribution >= 0.6 is 0 Å². The van der Waals surface area contributed by atoms with Gasteiger partial charge in [-0.2, -0.15) is 0 Å². The minimum Gasteiger partial charge on any atom is -0.379 e. The SMILES string of the molecule is CCCNC1CCCC1C1COCCN1.